The SMILES string of the molecule is Cc1cc(C)nc(N(CCN)CC(C)C)n1. The molecule has 16 heavy (non-hydrogen) atoms. The predicted molar refractivity (Wildman–Crippen MR) is 67.6 cm³/mol. The first-order chi connectivity index (χ1) is 7.52. The quantitative estimate of drug-likeness (QED) is 0.820. The van der Waals surface area contributed by atoms with E-state index in [-0.39, 0.29) is 0 Å². The van der Waals surface area contributed by atoms with E-state index in [2.05, 4.69) is 28.7 Å². The normalized spacial score (nSPS) is 10.9. The molecule has 0 aliphatic heterocycles. The smallest absolute Gasteiger partial charge is 0.225 e. The molecule has 0 unspecified atom stereocenters. The molecule has 0 saturated heterocycles. The maximum Gasteiger partial charge on any atom is 0.225 e. The highest BCUT2D eigenvalue weighted by Crippen LogP contribution is 2.11. The Bertz CT molecular complexity index is 316. The minimum atomic E-state index is 0.580. The summed E-state index contributed by atoms with van der Waals surface area (Å²) in [6.07, 6.45) is 0. The summed E-state index contributed by atoms with van der Waals surface area (Å²) in [6, 6.07) is 1.99. The van der Waals surface area contributed by atoms with Gasteiger partial charge in [0.05, 0.1) is 0 Å². The first kappa shape index (κ1) is 12.9. The Labute approximate surface area is 97.9 Å². The maximum atomic E-state index is 5.62. The Morgan fingerprint density at radius 3 is 2.25 bits per heavy atom. The van der Waals surface area contributed by atoms with E-state index in [4.69, 9.17) is 5.73 Å². The van der Waals surface area contributed by atoms with Crippen LogP contribution in [0.3, 0.4) is 0 Å². The number of aromatic nitrogens is 2. The summed E-state index contributed by atoms with van der Waals surface area (Å²) in [6.45, 7) is 10.7. The van der Waals surface area contributed by atoms with Gasteiger partial charge in [-0.2, -0.15) is 0 Å². The highest BCUT2D eigenvalue weighted by atomic mass is 15.3. The minimum Gasteiger partial charge on any atom is -0.339 e. The molecule has 0 bridgehead atoms. The fourth-order valence-corrected chi connectivity index (χ4v) is 1.72. The van der Waals surface area contributed by atoms with E-state index in [1.54, 1.807) is 0 Å². The molecule has 0 spiro atoms. The topological polar surface area (TPSA) is 55.0 Å². The van der Waals surface area contributed by atoms with E-state index in [1.165, 1.54) is 0 Å². The zero-order valence-electron chi connectivity index (χ0n) is 10.7. The Balaban J connectivity index is 2.90. The zero-order valence-corrected chi connectivity index (χ0v) is 10.7. The van der Waals surface area contributed by atoms with Crippen molar-refractivity contribution in [2.75, 3.05) is 24.5 Å². The zero-order chi connectivity index (χ0) is 12.1. The lowest BCUT2D eigenvalue weighted by atomic mass is 10.2. The van der Waals surface area contributed by atoms with E-state index in [9.17, 15) is 0 Å². The molecule has 0 atom stereocenters. The van der Waals surface area contributed by atoms with Crippen molar-refractivity contribution in [3.05, 3.63) is 17.5 Å². The van der Waals surface area contributed by atoms with Gasteiger partial charge in [-0.1, -0.05) is 13.8 Å². The summed E-state index contributed by atoms with van der Waals surface area (Å²) in [7, 11) is 0. The third-order valence-corrected chi connectivity index (χ3v) is 2.24. The summed E-state index contributed by atoms with van der Waals surface area (Å²) >= 11 is 0. The molecule has 0 radical (unpaired) electrons. The maximum absolute atomic E-state index is 5.62. The van der Waals surface area contributed by atoms with Crippen LogP contribution in [0.2, 0.25) is 0 Å². The lowest BCUT2D eigenvalue weighted by Crippen LogP contribution is -2.34. The fourth-order valence-electron chi connectivity index (χ4n) is 1.72. The highest BCUT2D eigenvalue weighted by molar-refractivity contribution is 5.32. The Morgan fingerprint density at radius 1 is 1.25 bits per heavy atom. The van der Waals surface area contributed by atoms with E-state index < -0.39 is 0 Å². The molecule has 1 rings (SSSR count). The van der Waals surface area contributed by atoms with Crippen molar-refractivity contribution in [1.82, 2.24) is 9.97 Å². The van der Waals surface area contributed by atoms with Crippen LogP contribution in [0, 0.1) is 19.8 Å². The first-order valence-electron chi connectivity index (χ1n) is 5.80. The predicted octanol–water partition coefficient (Wildman–Crippen LogP) is 1.51. The molecule has 90 valence electrons. The van der Waals surface area contributed by atoms with Gasteiger partial charge in [-0.05, 0) is 25.8 Å². The lowest BCUT2D eigenvalue weighted by Gasteiger charge is -2.24. The lowest BCUT2D eigenvalue weighted by molar-refractivity contribution is 0.600. The Kier molecular flexibility index (Phi) is 4.68. The second-order valence-electron chi connectivity index (χ2n) is 4.58. The highest BCUT2D eigenvalue weighted by Gasteiger charge is 2.11. The van der Waals surface area contributed by atoms with Gasteiger partial charge in [0.15, 0.2) is 0 Å². The van der Waals surface area contributed by atoms with E-state index in [0.29, 0.717) is 12.5 Å². The molecule has 0 amide bonds. The van der Waals surface area contributed by atoms with Crippen molar-refractivity contribution in [3.8, 4) is 0 Å². The average molecular weight is 222 g/mol. The monoisotopic (exact) mass is 222 g/mol. The van der Waals surface area contributed by atoms with Gasteiger partial charge in [-0.25, -0.2) is 9.97 Å². The molecule has 4 nitrogen and oxygen atoms in total. The van der Waals surface area contributed by atoms with Crippen LogP contribution in [0.5, 0.6) is 0 Å². The van der Waals surface area contributed by atoms with Crippen LogP contribution >= 0.6 is 0 Å². The summed E-state index contributed by atoms with van der Waals surface area (Å²) in [4.78, 5) is 11.1. The molecule has 0 fully saturated rings. The second kappa shape index (κ2) is 5.80. The molecular weight excluding hydrogens is 200 g/mol. The fraction of sp³-hybridized carbons (Fsp3) is 0.667. The molecule has 0 aliphatic rings. The van der Waals surface area contributed by atoms with Gasteiger partial charge >= 0.3 is 0 Å². The van der Waals surface area contributed by atoms with Crippen LogP contribution in [0.4, 0.5) is 5.95 Å². The van der Waals surface area contributed by atoms with Crippen molar-refractivity contribution in [2.45, 2.75) is 27.7 Å². The standard InChI is InChI=1S/C12H22N4/c1-9(2)8-16(6-5-13)12-14-10(3)7-11(4)15-12/h7,9H,5-6,8,13H2,1-4H3. The van der Waals surface area contributed by atoms with Crippen molar-refractivity contribution in [1.29, 1.82) is 0 Å². The molecule has 1 aromatic rings. The van der Waals surface area contributed by atoms with Crippen LogP contribution in [0.1, 0.15) is 25.2 Å². The summed E-state index contributed by atoms with van der Waals surface area (Å²) < 4.78 is 0. The molecular formula is C12H22N4. The van der Waals surface area contributed by atoms with Crippen LogP contribution in [-0.2, 0) is 0 Å². The number of nitrogens with two attached hydrogens (primary N) is 1. The number of aryl methyl sites for hydroxylation is 2. The van der Waals surface area contributed by atoms with E-state index in [0.717, 1.165) is 30.4 Å². The van der Waals surface area contributed by atoms with Gasteiger partial charge in [-0.15, -0.1) is 0 Å². The van der Waals surface area contributed by atoms with Crippen LogP contribution in [0.15, 0.2) is 6.07 Å². The van der Waals surface area contributed by atoms with Crippen molar-refractivity contribution in [2.24, 2.45) is 11.7 Å². The number of hydrogen-bond donors (Lipinski definition) is 1. The molecule has 1 heterocycles. The minimum absolute atomic E-state index is 0.580. The molecule has 2 N–H and O–H groups in total. The van der Waals surface area contributed by atoms with Gasteiger partial charge in [0.1, 0.15) is 0 Å². The third kappa shape index (κ3) is 3.77. The summed E-state index contributed by atoms with van der Waals surface area (Å²) in [5, 5.41) is 0. The largest absolute Gasteiger partial charge is 0.339 e. The first-order valence-corrected chi connectivity index (χ1v) is 5.80. The van der Waals surface area contributed by atoms with Crippen LogP contribution < -0.4 is 10.6 Å². The molecule has 0 aliphatic carbocycles. The van der Waals surface area contributed by atoms with Gasteiger partial charge < -0.3 is 10.6 Å². The number of nitrogens with zero attached hydrogens (tertiary/aromatic N) is 3. The summed E-state index contributed by atoms with van der Waals surface area (Å²) in [5.41, 5.74) is 7.64. The average Bonchev–Trinajstić information content (AvgIpc) is 2.14. The Morgan fingerprint density at radius 2 is 1.81 bits per heavy atom. The number of rotatable bonds is 5. The van der Waals surface area contributed by atoms with Gasteiger partial charge in [0, 0.05) is 31.0 Å². The van der Waals surface area contributed by atoms with E-state index in [1.807, 2.05) is 19.9 Å². The van der Waals surface area contributed by atoms with Crippen LogP contribution in [0.25, 0.3) is 0 Å². The summed E-state index contributed by atoms with van der Waals surface area (Å²) in [5.74, 6) is 1.38. The van der Waals surface area contributed by atoms with Crippen LogP contribution in [-0.4, -0.2) is 29.6 Å². The van der Waals surface area contributed by atoms with Crippen molar-refractivity contribution >= 4 is 5.95 Å². The van der Waals surface area contributed by atoms with Crippen molar-refractivity contribution in [3.63, 3.8) is 0 Å². The molecule has 1 aromatic heterocycles. The Hall–Kier alpha value is -1.16. The molecule has 0 saturated carbocycles. The van der Waals surface area contributed by atoms with E-state index >= 15 is 0 Å². The molecule has 0 aromatic carbocycles. The number of hydrogen-bond acceptors (Lipinski definition) is 4. The van der Waals surface area contributed by atoms with Gasteiger partial charge in [0.25, 0.3) is 0 Å². The van der Waals surface area contributed by atoms with Gasteiger partial charge in [-0.3, -0.25) is 0 Å². The number of anilines is 1. The molecule has 4 heteroatoms. The second-order valence-corrected chi connectivity index (χ2v) is 4.58. The third-order valence-electron chi connectivity index (χ3n) is 2.24. The van der Waals surface area contributed by atoms with Gasteiger partial charge in [0.2, 0.25) is 5.95 Å². The van der Waals surface area contributed by atoms with Crippen molar-refractivity contribution < 1.29 is 0 Å².